The van der Waals surface area contributed by atoms with Crippen LogP contribution in [0.5, 0.6) is 0 Å². The lowest BCUT2D eigenvalue weighted by Crippen LogP contribution is -2.20. The summed E-state index contributed by atoms with van der Waals surface area (Å²) in [5.74, 6) is 0.221. The highest BCUT2D eigenvalue weighted by Crippen LogP contribution is 2.33. The quantitative estimate of drug-likeness (QED) is 0.514. The summed E-state index contributed by atoms with van der Waals surface area (Å²) >= 11 is 0. The predicted octanol–water partition coefficient (Wildman–Crippen LogP) is 6.82. The molecule has 6 heteroatoms. The van der Waals surface area contributed by atoms with Gasteiger partial charge in [0.25, 0.3) is 0 Å². The number of aromatic nitrogens is 1. The fourth-order valence-corrected chi connectivity index (χ4v) is 1.93. The van der Waals surface area contributed by atoms with Crippen molar-refractivity contribution in [3.8, 4) is 6.07 Å². The van der Waals surface area contributed by atoms with E-state index in [0.717, 1.165) is 18.7 Å². The number of pyridine rings is 1. The largest absolute Gasteiger partial charge is 0.417 e. The summed E-state index contributed by atoms with van der Waals surface area (Å²) < 4.78 is 38.0. The van der Waals surface area contributed by atoms with Crippen molar-refractivity contribution in [2.45, 2.75) is 79.3 Å². The Labute approximate surface area is 157 Å². The van der Waals surface area contributed by atoms with Crippen LogP contribution in [-0.4, -0.2) is 18.6 Å². The minimum Gasteiger partial charge on any atom is -0.360 e. The molecule has 0 N–H and O–H groups in total. The Bertz CT molecular complexity index is 504. The Morgan fingerprint density at radius 3 is 1.88 bits per heavy atom. The zero-order chi connectivity index (χ0) is 20.6. The van der Waals surface area contributed by atoms with Crippen molar-refractivity contribution in [3.05, 3.63) is 23.4 Å². The first-order valence-corrected chi connectivity index (χ1v) is 9.41. The summed E-state index contributed by atoms with van der Waals surface area (Å²) in [5.41, 5.74) is -1.39. The molecule has 1 heterocycles. The van der Waals surface area contributed by atoms with Gasteiger partial charge in [-0.25, -0.2) is 4.98 Å². The van der Waals surface area contributed by atoms with Crippen molar-refractivity contribution >= 4 is 5.82 Å². The molecule has 0 spiro atoms. The minimum absolute atomic E-state index is 0.221. The molecule has 0 aliphatic heterocycles. The van der Waals surface area contributed by atoms with Crippen molar-refractivity contribution < 1.29 is 13.2 Å². The van der Waals surface area contributed by atoms with E-state index < -0.39 is 17.3 Å². The summed E-state index contributed by atoms with van der Waals surface area (Å²) in [6.07, 6.45) is 4.02. The lowest BCUT2D eigenvalue weighted by atomic mass is 10.1. The van der Waals surface area contributed by atoms with Gasteiger partial charge in [0.05, 0.1) is 11.1 Å². The number of halogens is 3. The molecule has 0 aliphatic rings. The highest BCUT2D eigenvalue weighted by Gasteiger charge is 2.34. The maximum Gasteiger partial charge on any atom is 0.417 e. The first-order chi connectivity index (χ1) is 12.2. The number of unbranched alkanes of at least 4 members (excludes halogenated alkanes) is 3. The minimum atomic E-state index is -4.53. The molecule has 0 bridgehead atoms. The number of hydrogen-bond donors (Lipinski definition) is 0. The average molecular weight is 374 g/mol. The smallest absolute Gasteiger partial charge is 0.360 e. The van der Waals surface area contributed by atoms with Crippen LogP contribution in [0.2, 0.25) is 0 Å². The van der Waals surface area contributed by atoms with Crippen LogP contribution >= 0.6 is 0 Å². The first kappa shape index (κ1) is 26.5. The van der Waals surface area contributed by atoms with Gasteiger partial charge in [-0.3, -0.25) is 0 Å². The van der Waals surface area contributed by atoms with Crippen molar-refractivity contribution in [2.24, 2.45) is 0 Å². The first-order valence-electron chi connectivity index (χ1n) is 9.41. The monoisotopic (exact) mass is 373 g/mol. The number of anilines is 1. The van der Waals surface area contributed by atoms with Gasteiger partial charge in [0, 0.05) is 19.8 Å². The van der Waals surface area contributed by atoms with Gasteiger partial charge < -0.3 is 4.90 Å². The number of rotatable bonds is 6. The Kier molecular flexibility index (Phi) is 15.8. The second-order valence-corrected chi connectivity index (χ2v) is 6.03. The van der Waals surface area contributed by atoms with E-state index in [1.807, 2.05) is 6.92 Å². The van der Waals surface area contributed by atoms with Crippen LogP contribution in [0.25, 0.3) is 0 Å². The van der Waals surface area contributed by atoms with Crippen molar-refractivity contribution in [1.29, 1.82) is 5.26 Å². The van der Waals surface area contributed by atoms with Gasteiger partial charge >= 0.3 is 6.18 Å². The second kappa shape index (κ2) is 15.5. The average Bonchev–Trinajstić information content (AvgIpc) is 2.60. The third kappa shape index (κ3) is 11.7. The SMILES string of the molecule is CCC.CCCCCC.CCCN(C)c1cc(C(F)(F)F)c(C#N)cn1. The van der Waals surface area contributed by atoms with Crippen LogP contribution in [0.4, 0.5) is 19.0 Å². The molecule has 1 aromatic rings. The van der Waals surface area contributed by atoms with E-state index in [1.54, 1.807) is 11.9 Å². The molecule has 26 heavy (non-hydrogen) atoms. The second-order valence-electron chi connectivity index (χ2n) is 6.03. The molecule has 0 saturated carbocycles. The van der Waals surface area contributed by atoms with Crippen molar-refractivity contribution in [3.63, 3.8) is 0 Å². The van der Waals surface area contributed by atoms with Gasteiger partial charge in [-0.1, -0.05) is 66.7 Å². The third-order valence-electron chi connectivity index (χ3n) is 3.22. The highest BCUT2D eigenvalue weighted by molar-refractivity contribution is 5.48. The normalized spacial score (nSPS) is 10.0. The van der Waals surface area contributed by atoms with Crippen molar-refractivity contribution in [1.82, 2.24) is 4.98 Å². The fourth-order valence-electron chi connectivity index (χ4n) is 1.93. The predicted molar refractivity (Wildman–Crippen MR) is 103 cm³/mol. The van der Waals surface area contributed by atoms with E-state index in [9.17, 15) is 13.2 Å². The van der Waals surface area contributed by atoms with Crippen LogP contribution < -0.4 is 4.90 Å². The summed E-state index contributed by atoms with van der Waals surface area (Å²) in [6, 6.07) is 2.41. The van der Waals surface area contributed by atoms with Gasteiger partial charge in [0.1, 0.15) is 11.9 Å². The Hall–Kier alpha value is -1.77. The summed E-state index contributed by atoms with van der Waals surface area (Å²) in [7, 11) is 1.66. The van der Waals surface area contributed by atoms with E-state index in [-0.39, 0.29) is 5.82 Å². The number of nitriles is 1. The fraction of sp³-hybridized carbons (Fsp3) is 0.700. The summed E-state index contributed by atoms with van der Waals surface area (Å²) in [6.45, 7) is 11.2. The molecule has 1 aromatic heterocycles. The molecule has 0 aromatic carbocycles. The molecule has 0 aliphatic carbocycles. The standard InChI is InChI=1S/C11H12F3N3.C6H14.C3H8/c1-3-4-17(2)10-5-9(11(12,13)14)8(6-15)7-16-10;1-3-5-6-4-2;1-3-2/h5,7H,3-4H2,1-2H3;3-6H2,1-2H3;3H2,1-2H3. The van der Waals surface area contributed by atoms with E-state index >= 15 is 0 Å². The van der Waals surface area contributed by atoms with Crippen LogP contribution in [0.3, 0.4) is 0 Å². The zero-order valence-electron chi connectivity index (χ0n) is 17.1. The molecule has 150 valence electrons. The number of nitrogens with zero attached hydrogens (tertiary/aromatic N) is 3. The van der Waals surface area contributed by atoms with E-state index in [0.29, 0.717) is 6.54 Å². The molecule has 0 amide bonds. The highest BCUT2D eigenvalue weighted by atomic mass is 19.4. The topological polar surface area (TPSA) is 39.9 Å². The molecule has 0 fully saturated rings. The van der Waals surface area contributed by atoms with E-state index in [2.05, 4.69) is 32.7 Å². The van der Waals surface area contributed by atoms with Crippen LogP contribution in [0, 0.1) is 11.3 Å². The summed E-state index contributed by atoms with van der Waals surface area (Å²) in [5, 5.41) is 8.61. The number of hydrogen-bond acceptors (Lipinski definition) is 3. The molecular weight excluding hydrogens is 339 g/mol. The van der Waals surface area contributed by atoms with Crippen LogP contribution in [-0.2, 0) is 6.18 Å². The van der Waals surface area contributed by atoms with Crippen molar-refractivity contribution in [2.75, 3.05) is 18.5 Å². The number of alkyl halides is 3. The van der Waals surface area contributed by atoms with E-state index in [4.69, 9.17) is 5.26 Å². The molecule has 3 nitrogen and oxygen atoms in total. The van der Waals surface area contributed by atoms with Crippen LogP contribution in [0.1, 0.15) is 84.3 Å². The van der Waals surface area contributed by atoms with Gasteiger partial charge in [0.2, 0.25) is 0 Å². The summed E-state index contributed by atoms with van der Waals surface area (Å²) in [4.78, 5) is 5.47. The van der Waals surface area contributed by atoms with Gasteiger partial charge in [-0.2, -0.15) is 18.4 Å². The maximum absolute atomic E-state index is 12.7. The molecule has 0 radical (unpaired) electrons. The lowest BCUT2D eigenvalue weighted by molar-refractivity contribution is -0.137. The van der Waals surface area contributed by atoms with E-state index in [1.165, 1.54) is 38.2 Å². The Morgan fingerprint density at radius 1 is 1.04 bits per heavy atom. The molecular formula is C20H34F3N3. The molecule has 1 rings (SSSR count). The Morgan fingerprint density at radius 2 is 1.54 bits per heavy atom. The van der Waals surface area contributed by atoms with Gasteiger partial charge in [0.15, 0.2) is 0 Å². The molecule has 0 unspecified atom stereocenters. The Balaban J connectivity index is 0. The van der Waals surface area contributed by atoms with Gasteiger partial charge in [-0.05, 0) is 12.5 Å². The molecule has 0 atom stereocenters. The van der Waals surface area contributed by atoms with Crippen LogP contribution in [0.15, 0.2) is 12.3 Å². The van der Waals surface area contributed by atoms with Gasteiger partial charge in [-0.15, -0.1) is 0 Å². The molecule has 0 saturated heterocycles. The third-order valence-corrected chi connectivity index (χ3v) is 3.22. The zero-order valence-corrected chi connectivity index (χ0v) is 17.1. The maximum atomic E-state index is 12.7. The lowest BCUT2D eigenvalue weighted by Gasteiger charge is -2.18.